The van der Waals surface area contributed by atoms with Crippen LogP contribution < -0.4 is 10.6 Å². The van der Waals surface area contributed by atoms with Crippen LogP contribution in [0.1, 0.15) is 26.7 Å². The molecule has 0 aromatic carbocycles. The SMILES string of the molecule is CNC(=O)C[C@H]1C[C@H](SC2=C(C(=O)O)N3C(=O)[C@H]([C@@H](C)O)[C@H]3[C@H]2C)CN1. The van der Waals surface area contributed by atoms with Crippen LogP contribution in [0.3, 0.4) is 0 Å². The number of β-lactam (4-membered cyclic amide) rings is 1. The van der Waals surface area contributed by atoms with Gasteiger partial charge in [-0.3, -0.25) is 9.59 Å². The van der Waals surface area contributed by atoms with E-state index in [1.165, 1.54) is 16.7 Å². The number of carboxylic acids is 1. The molecule has 3 heterocycles. The Hall–Kier alpha value is -1.58. The smallest absolute Gasteiger partial charge is 0.353 e. The van der Waals surface area contributed by atoms with Crippen LogP contribution in [-0.4, -0.2) is 69.9 Å². The number of nitrogens with one attached hydrogen (secondary N) is 2. The maximum atomic E-state index is 12.3. The van der Waals surface area contributed by atoms with E-state index in [9.17, 15) is 24.6 Å². The van der Waals surface area contributed by atoms with E-state index in [1.54, 1.807) is 14.0 Å². The maximum absolute atomic E-state index is 12.3. The van der Waals surface area contributed by atoms with Gasteiger partial charge in [0.1, 0.15) is 5.70 Å². The normalized spacial score (nSPS) is 34.5. The number of fused-ring (bicyclic) bond motifs is 1. The second-order valence-electron chi connectivity index (χ2n) is 7.23. The Labute approximate surface area is 156 Å². The lowest BCUT2D eigenvalue weighted by Gasteiger charge is -2.46. The number of aliphatic hydroxyl groups is 1. The highest BCUT2D eigenvalue weighted by Gasteiger charge is 2.60. The molecule has 0 radical (unpaired) electrons. The monoisotopic (exact) mass is 383 g/mol. The van der Waals surface area contributed by atoms with Gasteiger partial charge in [-0.15, -0.1) is 11.8 Å². The Morgan fingerprint density at radius 1 is 1.46 bits per heavy atom. The van der Waals surface area contributed by atoms with Crippen molar-refractivity contribution >= 4 is 29.5 Å². The molecular weight excluding hydrogens is 358 g/mol. The molecule has 3 rings (SSSR count). The number of rotatable bonds is 6. The number of hydrogen-bond donors (Lipinski definition) is 4. The zero-order chi connectivity index (χ0) is 19.2. The van der Waals surface area contributed by atoms with E-state index < -0.39 is 18.0 Å². The average molecular weight is 383 g/mol. The maximum Gasteiger partial charge on any atom is 0.353 e. The fraction of sp³-hybridized carbons (Fsp3) is 0.706. The number of nitrogens with zero attached hydrogens (tertiary/aromatic N) is 1. The third-order valence-electron chi connectivity index (χ3n) is 5.50. The van der Waals surface area contributed by atoms with Gasteiger partial charge in [0.15, 0.2) is 0 Å². The molecule has 3 aliphatic rings. The number of aliphatic carboxylic acids is 1. The second-order valence-corrected chi connectivity index (χ2v) is 8.57. The van der Waals surface area contributed by atoms with Crippen molar-refractivity contribution in [2.24, 2.45) is 11.8 Å². The Bertz CT molecular complexity index is 665. The molecule has 144 valence electrons. The quantitative estimate of drug-likeness (QED) is 0.467. The number of hydrogen-bond acceptors (Lipinski definition) is 6. The first kappa shape index (κ1) is 19.2. The van der Waals surface area contributed by atoms with Crippen LogP contribution in [0.2, 0.25) is 0 Å². The van der Waals surface area contributed by atoms with E-state index in [2.05, 4.69) is 10.6 Å². The minimum absolute atomic E-state index is 0.0256. The summed E-state index contributed by atoms with van der Waals surface area (Å²) in [7, 11) is 1.60. The second kappa shape index (κ2) is 7.21. The van der Waals surface area contributed by atoms with Gasteiger partial charge in [0, 0.05) is 42.1 Å². The van der Waals surface area contributed by atoms with Gasteiger partial charge in [0.2, 0.25) is 11.8 Å². The van der Waals surface area contributed by atoms with E-state index in [-0.39, 0.29) is 40.8 Å². The molecule has 9 heteroatoms. The molecule has 2 amide bonds. The third-order valence-corrected chi connectivity index (χ3v) is 7.01. The molecule has 2 saturated heterocycles. The summed E-state index contributed by atoms with van der Waals surface area (Å²) in [4.78, 5) is 37.7. The van der Waals surface area contributed by atoms with Crippen molar-refractivity contribution < 1.29 is 24.6 Å². The van der Waals surface area contributed by atoms with Crippen molar-refractivity contribution in [3.05, 3.63) is 10.6 Å². The standard InChI is InChI=1S/C17H25N3O5S/c1-7-13-12(8(2)21)16(23)20(13)14(17(24)25)15(7)26-10-4-9(19-6-10)5-11(22)18-3/h7-10,12-13,19,21H,4-6H2,1-3H3,(H,18,22)(H,24,25)/t7-,8-,9-,10+,12-,13-/m1/s1. The zero-order valence-corrected chi connectivity index (χ0v) is 15.9. The molecule has 0 spiro atoms. The highest BCUT2D eigenvalue weighted by molar-refractivity contribution is 8.03. The lowest BCUT2D eigenvalue weighted by atomic mass is 9.79. The predicted molar refractivity (Wildman–Crippen MR) is 96.1 cm³/mol. The van der Waals surface area contributed by atoms with Crippen molar-refractivity contribution in [3.8, 4) is 0 Å². The summed E-state index contributed by atoms with van der Waals surface area (Å²) in [6, 6.07) is -0.214. The van der Waals surface area contributed by atoms with Gasteiger partial charge < -0.3 is 25.7 Å². The first-order valence-electron chi connectivity index (χ1n) is 8.85. The molecule has 0 unspecified atom stereocenters. The van der Waals surface area contributed by atoms with E-state index >= 15 is 0 Å². The van der Waals surface area contributed by atoms with Crippen molar-refractivity contribution in [1.29, 1.82) is 0 Å². The van der Waals surface area contributed by atoms with Crippen LogP contribution in [0.5, 0.6) is 0 Å². The van der Waals surface area contributed by atoms with Gasteiger partial charge in [0.05, 0.1) is 18.1 Å². The Kier molecular flexibility index (Phi) is 5.32. The van der Waals surface area contributed by atoms with Gasteiger partial charge >= 0.3 is 5.97 Å². The first-order valence-corrected chi connectivity index (χ1v) is 9.73. The summed E-state index contributed by atoms with van der Waals surface area (Å²) in [5.41, 5.74) is 0.0594. The van der Waals surface area contributed by atoms with Crippen LogP contribution in [0.25, 0.3) is 0 Å². The van der Waals surface area contributed by atoms with Crippen molar-refractivity contribution in [1.82, 2.24) is 15.5 Å². The van der Waals surface area contributed by atoms with Gasteiger partial charge in [-0.25, -0.2) is 4.79 Å². The predicted octanol–water partition coefficient (Wildman–Crippen LogP) is -0.260. The van der Waals surface area contributed by atoms with Crippen molar-refractivity contribution in [3.63, 3.8) is 0 Å². The van der Waals surface area contributed by atoms with E-state index in [4.69, 9.17) is 0 Å². The minimum atomic E-state index is -1.10. The largest absolute Gasteiger partial charge is 0.477 e. The lowest BCUT2D eigenvalue weighted by Crippen LogP contribution is -2.63. The molecule has 0 saturated carbocycles. The summed E-state index contributed by atoms with van der Waals surface area (Å²) in [6.07, 6.45) is 0.362. The summed E-state index contributed by atoms with van der Waals surface area (Å²) in [5.74, 6) is -2.11. The minimum Gasteiger partial charge on any atom is -0.477 e. The molecular formula is C17H25N3O5S. The van der Waals surface area contributed by atoms with Crippen LogP contribution in [-0.2, 0) is 14.4 Å². The fourth-order valence-electron chi connectivity index (χ4n) is 4.21. The van der Waals surface area contributed by atoms with Crippen molar-refractivity contribution in [2.75, 3.05) is 13.6 Å². The molecule has 2 fully saturated rings. The number of thioether (sulfide) groups is 1. The summed E-state index contributed by atoms with van der Waals surface area (Å²) in [6.45, 7) is 4.18. The first-order chi connectivity index (χ1) is 12.3. The number of amides is 2. The highest BCUT2D eigenvalue weighted by Crippen LogP contribution is 2.51. The fourth-order valence-corrected chi connectivity index (χ4v) is 5.73. The molecule has 0 aromatic rings. The van der Waals surface area contributed by atoms with Gasteiger partial charge in [0.25, 0.3) is 0 Å². The highest BCUT2D eigenvalue weighted by atomic mass is 32.2. The topological polar surface area (TPSA) is 119 Å². The number of carboxylic acid groups (broad SMARTS) is 1. The Morgan fingerprint density at radius 3 is 2.73 bits per heavy atom. The van der Waals surface area contributed by atoms with Gasteiger partial charge in [-0.2, -0.15) is 0 Å². The third kappa shape index (κ3) is 3.12. The molecule has 26 heavy (non-hydrogen) atoms. The Morgan fingerprint density at radius 2 is 2.15 bits per heavy atom. The zero-order valence-electron chi connectivity index (χ0n) is 15.1. The lowest BCUT2D eigenvalue weighted by molar-refractivity contribution is -0.163. The molecule has 4 N–H and O–H groups in total. The number of aliphatic hydroxyl groups excluding tert-OH is 1. The summed E-state index contributed by atoms with van der Waals surface area (Å²) < 4.78 is 0. The summed E-state index contributed by atoms with van der Waals surface area (Å²) >= 11 is 1.49. The molecule has 0 aromatic heterocycles. The van der Waals surface area contributed by atoms with E-state index in [0.29, 0.717) is 17.9 Å². The molecule has 0 bridgehead atoms. The average Bonchev–Trinajstić information content (AvgIpc) is 3.09. The number of carbonyl (C=O) groups is 3. The van der Waals surface area contributed by atoms with E-state index in [0.717, 1.165) is 6.42 Å². The summed E-state index contributed by atoms with van der Waals surface area (Å²) in [5, 5.41) is 25.6. The Balaban J connectivity index is 1.74. The van der Waals surface area contributed by atoms with Crippen LogP contribution in [0.4, 0.5) is 0 Å². The van der Waals surface area contributed by atoms with E-state index in [1.807, 2.05) is 6.92 Å². The van der Waals surface area contributed by atoms with Gasteiger partial charge in [-0.05, 0) is 13.3 Å². The van der Waals surface area contributed by atoms with Crippen LogP contribution in [0, 0.1) is 11.8 Å². The molecule has 0 aliphatic carbocycles. The molecule has 6 atom stereocenters. The van der Waals surface area contributed by atoms with Gasteiger partial charge in [-0.1, -0.05) is 6.92 Å². The number of carbonyl (C=O) groups excluding carboxylic acids is 2. The van der Waals surface area contributed by atoms with Crippen LogP contribution >= 0.6 is 11.8 Å². The van der Waals surface area contributed by atoms with Crippen LogP contribution in [0.15, 0.2) is 10.6 Å². The van der Waals surface area contributed by atoms with Crippen molar-refractivity contribution in [2.45, 2.75) is 50.1 Å². The molecule has 3 aliphatic heterocycles. The molecule has 8 nitrogen and oxygen atoms in total.